The van der Waals surface area contributed by atoms with Gasteiger partial charge in [-0.2, -0.15) is 0 Å². The first kappa shape index (κ1) is 10.5. The predicted octanol–water partition coefficient (Wildman–Crippen LogP) is 2.65. The monoisotopic (exact) mass is 214 g/mol. The van der Waals surface area contributed by atoms with Gasteiger partial charge in [0, 0.05) is 5.69 Å². The highest BCUT2D eigenvalue weighted by molar-refractivity contribution is 5.67. The molecule has 0 aliphatic heterocycles. The lowest BCUT2D eigenvalue weighted by atomic mass is 10.1. The van der Waals surface area contributed by atoms with Crippen molar-refractivity contribution >= 4 is 5.69 Å². The van der Waals surface area contributed by atoms with Crippen molar-refractivity contribution in [3.8, 4) is 16.9 Å². The van der Waals surface area contributed by atoms with Crippen molar-refractivity contribution < 1.29 is 4.74 Å². The molecule has 3 N–H and O–H groups in total. The molecule has 0 aliphatic rings. The maximum absolute atomic E-state index is 5.31. The SMILES string of the molecule is COc1cccc(-c2ccc(NN)cc2)c1. The average Bonchev–Trinajstić information content (AvgIpc) is 2.39. The van der Waals surface area contributed by atoms with E-state index >= 15 is 0 Å². The van der Waals surface area contributed by atoms with Gasteiger partial charge in [-0.05, 0) is 35.4 Å². The Morgan fingerprint density at radius 1 is 1.00 bits per heavy atom. The average molecular weight is 214 g/mol. The summed E-state index contributed by atoms with van der Waals surface area (Å²) in [6, 6.07) is 15.9. The lowest BCUT2D eigenvalue weighted by Crippen LogP contribution is -2.05. The van der Waals surface area contributed by atoms with Gasteiger partial charge in [0.1, 0.15) is 5.75 Å². The Hall–Kier alpha value is -2.00. The predicted molar refractivity (Wildman–Crippen MR) is 66.2 cm³/mol. The van der Waals surface area contributed by atoms with Crippen LogP contribution >= 0.6 is 0 Å². The van der Waals surface area contributed by atoms with Crippen LogP contribution in [-0.4, -0.2) is 7.11 Å². The van der Waals surface area contributed by atoms with E-state index in [0.29, 0.717) is 0 Å². The third-order valence-electron chi connectivity index (χ3n) is 2.45. The molecule has 2 aromatic rings. The smallest absolute Gasteiger partial charge is 0.119 e. The first-order valence-corrected chi connectivity index (χ1v) is 5.04. The summed E-state index contributed by atoms with van der Waals surface area (Å²) in [5.74, 6) is 6.17. The fourth-order valence-electron chi connectivity index (χ4n) is 1.56. The summed E-state index contributed by atoms with van der Waals surface area (Å²) in [6.45, 7) is 0. The summed E-state index contributed by atoms with van der Waals surface area (Å²) in [4.78, 5) is 0. The maximum Gasteiger partial charge on any atom is 0.119 e. The largest absolute Gasteiger partial charge is 0.497 e. The molecule has 0 saturated carbocycles. The number of hydrogen-bond donors (Lipinski definition) is 2. The summed E-state index contributed by atoms with van der Waals surface area (Å²) in [5.41, 5.74) is 5.76. The van der Waals surface area contributed by atoms with Crippen molar-refractivity contribution in [1.82, 2.24) is 0 Å². The summed E-state index contributed by atoms with van der Waals surface area (Å²) < 4.78 is 5.19. The van der Waals surface area contributed by atoms with Gasteiger partial charge in [0.25, 0.3) is 0 Å². The Kier molecular flexibility index (Phi) is 3.08. The highest BCUT2D eigenvalue weighted by Gasteiger charge is 1.99. The van der Waals surface area contributed by atoms with Crippen LogP contribution in [0.1, 0.15) is 0 Å². The molecule has 0 amide bonds. The molecule has 0 bridgehead atoms. The van der Waals surface area contributed by atoms with Gasteiger partial charge < -0.3 is 10.2 Å². The van der Waals surface area contributed by atoms with Gasteiger partial charge in [-0.15, -0.1) is 0 Å². The number of anilines is 1. The minimum atomic E-state index is 0.860. The van der Waals surface area contributed by atoms with Crippen LogP contribution in [0.3, 0.4) is 0 Å². The van der Waals surface area contributed by atoms with Crippen LogP contribution in [-0.2, 0) is 0 Å². The molecule has 82 valence electrons. The zero-order chi connectivity index (χ0) is 11.4. The summed E-state index contributed by atoms with van der Waals surface area (Å²) >= 11 is 0. The van der Waals surface area contributed by atoms with Gasteiger partial charge >= 0.3 is 0 Å². The Labute approximate surface area is 94.8 Å². The molecular weight excluding hydrogens is 200 g/mol. The van der Waals surface area contributed by atoms with Crippen molar-refractivity contribution in [1.29, 1.82) is 0 Å². The standard InChI is InChI=1S/C13H14N2O/c1-16-13-4-2-3-11(9-13)10-5-7-12(15-14)8-6-10/h2-9,15H,14H2,1H3. The van der Waals surface area contributed by atoms with Gasteiger partial charge in [0.15, 0.2) is 0 Å². The molecule has 16 heavy (non-hydrogen) atoms. The second-order valence-corrected chi connectivity index (χ2v) is 3.45. The molecule has 0 aromatic heterocycles. The molecule has 0 saturated heterocycles. The topological polar surface area (TPSA) is 47.3 Å². The first-order valence-electron chi connectivity index (χ1n) is 5.04. The number of hydrogen-bond acceptors (Lipinski definition) is 3. The fraction of sp³-hybridized carbons (Fsp3) is 0.0769. The van der Waals surface area contributed by atoms with E-state index in [0.717, 1.165) is 22.6 Å². The van der Waals surface area contributed by atoms with Crippen LogP contribution in [0.5, 0.6) is 5.75 Å². The van der Waals surface area contributed by atoms with E-state index in [9.17, 15) is 0 Å². The molecule has 0 atom stereocenters. The van der Waals surface area contributed by atoms with Crippen molar-refractivity contribution in [3.63, 3.8) is 0 Å². The van der Waals surface area contributed by atoms with Gasteiger partial charge in [-0.25, -0.2) is 0 Å². The molecule has 0 radical (unpaired) electrons. The summed E-state index contributed by atoms with van der Waals surface area (Å²) in [7, 11) is 1.67. The number of nitrogen functional groups attached to an aromatic ring is 1. The summed E-state index contributed by atoms with van der Waals surface area (Å²) in [6.07, 6.45) is 0. The van der Waals surface area contributed by atoms with Crippen LogP contribution in [0.25, 0.3) is 11.1 Å². The van der Waals surface area contributed by atoms with Crippen LogP contribution in [0.4, 0.5) is 5.69 Å². The van der Waals surface area contributed by atoms with E-state index in [2.05, 4.69) is 5.43 Å². The maximum atomic E-state index is 5.31. The third kappa shape index (κ3) is 2.15. The molecule has 3 nitrogen and oxygen atoms in total. The van der Waals surface area contributed by atoms with Gasteiger partial charge in [-0.3, -0.25) is 5.84 Å². The molecule has 0 fully saturated rings. The van der Waals surface area contributed by atoms with Crippen molar-refractivity contribution in [3.05, 3.63) is 48.5 Å². The van der Waals surface area contributed by atoms with Crippen LogP contribution < -0.4 is 16.0 Å². The fourth-order valence-corrected chi connectivity index (χ4v) is 1.56. The van der Waals surface area contributed by atoms with E-state index < -0.39 is 0 Å². The highest BCUT2D eigenvalue weighted by atomic mass is 16.5. The molecule has 0 aliphatic carbocycles. The van der Waals surface area contributed by atoms with Crippen molar-refractivity contribution in [2.45, 2.75) is 0 Å². The number of ether oxygens (including phenoxy) is 1. The second-order valence-electron chi connectivity index (χ2n) is 3.45. The van der Waals surface area contributed by atoms with Gasteiger partial charge in [0.05, 0.1) is 7.11 Å². The molecule has 0 unspecified atom stereocenters. The lowest BCUT2D eigenvalue weighted by molar-refractivity contribution is 0.415. The Morgan fingerprint density at radius 2 is 1.75 bits per heavy atom. The van der Waals surface area contributed by atoms with E-state index in [1.54, 1.807) is 7.11 Å². The zero-order valence-electron chi connectivity index (χ0n) is 9.10. The Bertz CT molecular complexity index is 466. The van der Waals surface area contributed by atoms with Crippen LogP contribution in [0.2, 0.25) is 0 Å². The minimum absolute atomic E-state index is 0.860. The lowest BCUT2D eigenvalue weighted by Gasteiger charge is -2.05. The molecule has 2 rings (SSSR count). The molecule has 3 heteroatoms. The van der Waals surface area contributed by atoms with E-state index in [1.165, 1.54) is 0 Å². The Morgan fingerprint density at radius 3 is 2.38 bits per heavy atom. The number of rotatable bonds is 3. The number of nitrogens with two attached hydrogens (primary N) is 1. The molecule has 0 heterocycles. The zero-order valence-corrected chi connectivity index (χ0v) is 9.10. The third-order valence-corrected chi connectivity index (χ3v) is 2.45. The molecule has 0 spiro atoms. The quantitative estimate of drug-likeness (QED) is 0.610. The molecular formula is C13H14N2O. The van der Waals surface area contributed by atoms with E-state index in [-0.39, 0.29) is 0 Å². The van der Waals surface area contributed by atoms with Gasteiger partial charge in [0.2, 0.25) is 0 Å². The van der Waals surface area contributed by atoms with Crippen molar-refractivity contribution in [2.75, 3.05) is 12.5 Å². The second kappa shape index (κ2) is 4.68. The van der Waals surface area contributed by atoms with E-state index in [1.807, 2.05) is 48.5 Å². The number of hydrazine groups is 1. The number of nitrogens with one attached hydrogen (secondary N) is 1. The van der Waals surface area contributed by atoms with Crippen LogP contribution in [0.15, 0.2) is 48.5 Å². The minimum Gasteiger partial charge on any atom is -0.497 e. The normalized spacial score (nSPS) is 9.88. The Balaban J connectivity index is 2.34. The highest BCUT2D eigenvalue weighted by Crippen LogP contribution is 2.24. The van der Waals surface area contributed by atoms with E-state index in [4.69, 9.17) is 10.6 Å². The van der Waals surface area contributed by atoms with Crippen LogP contribution in [0, 0.1) is 0 Å². The first-order chi connectivity index (χ1) is 7.83. The van der Waals surface area contributed by atoms with Gasteiger partial charge in [-0.1, -0.05) is 24.3 Å². The number of benzene rings is 2. The number of methoxy groups -OCH3 is 1. The molecule has 2 aromatic carbocycles. The summed E-state index contributed by atoms with van der Waals surface area (Å²) in [5, 5.41) is 0. The van der Waals surface area contributed by atoms with Crippen molar-refractivity contribution in [2.24, 2.45) is 5.84 Å².